The lowest BCUT2D eigenvalue weighted by Gasteiger charge is -2.10. The van der Waals surface area contributed by atoms with Crippen molar-refractivity contribution < 1.29 is 4.74 Å². The number of hydrogen-bond acceptors (Lipinski definition) is 3. The van der Waals surface area contributed by atoms with Gasteiger partial charge in [0.15, 0.2) is 0 Å². The molecular formula is C18H14BrClN2O2. The molecular weight excluding hydrogens is 392 g/mol. The zero-order valence-corrected chi connectivity index (χ0v) is 15.0. The van der Waals surface area contributed by atoms with Gasteiger partial charge in [-0.3, -0.25) is 9.36 Å². The number of rotatable bonds is 5. The Morgan fingerprint density at radius 2 is 1.75 bits per heavy atom. The van der Waals surface area contributed by atoms with Gasteiger partial charge >= 0.3 is 0 Å². The molecule has 2 aromatic carbocycles. The first-order chi connectivity index (χ1) is 11.6. The standard InChI is InChI=1S/C18H14BrClN2O2/c19-16-17(24-11-14-6-8-15(20)9-7-14)21-12-22(18(16)23)10-13-4-2-1-3-5-13/h1-9,12H,10-11H2. The highest BCUT2D eigenvalue weighted by atomic mass is 79.9. The number of ether oxygens (including phenoxy) is 1. The maximum absolute atomic E-state index is 12.4. The molecule has 0 fully saturated rings. The molecule has 0 spiro atoms. The highest BCUT2D eigenvalue weighted by Crippen LogP contribution is 2.19. The summed E-state index contributed by atoms with van der Waals surface area (Å²) in [5.41, 5.74) is 1.80. The zero-order chi connectivity index (χ0) is 16.9. The minimum absolute atomic E-state index is 0.181. The number of hydrogen-bond donors (Lipinski definition) is 0. The first-order valence-electron chi connectivity index (χ1n) is 7.29. The first-order valence-corrected chi connectivity index (χ1v) is 8.46. The Balaban J connectivity index is 1.75. The van der Waals surface area contributed by atoms with Crippen LogP contribution < -0.4 is 10.3 Å². The van der Waals surface area contributed by atoms with Crippen LogP contribution in [0.4, 0.5) is 0 Å². The van der Waals surface area contributed by atoms with Gasteiger partial charge in [0, 0.05) is 5.02 Å². The van der Waals surface area contributed by atoms with Crippen molar-refractivity contribution in [2.45, 2.75) is 13.2 Å². The fraction of sp³-hybridized carbons (Fsp3) is 0.111. The van der Waals surface area contributed by atoms with E-state index in [4.69, 9.17) is 16.3 Å². The lowest BCUT2D eigenvalue weighted by atomic mass is 10.2. The Morgan fingerprint density at radius 3 is 2.46 bits per heavy atom. The van der Waals surface area contributed by atoms with Crippen LogP contribution in [0.3, 0.4) is 0 Å². The second-order valence-electron chi connectivity index (χ2n) is 5.20. The molecule has 3 aromatic rings. The summed E-state index contributed by atoms with van der Waals surface area (Å²) in [5, 5.41) is 0.668. The van der Waals surface area contributed by atoms with Crippen LogP contribution in [-0.4, -0.2) is 9.55 Å². The van der Waals surface area contributed by atoms with Gasteiger partial charge in [-0.2, -0.15) is 0 Å². The van der Waals surface area contributed by atoms with Crippen LogP contribution in [0.25, 0.3) is 0 Å². The maximum atomic E-state index is 12.4. The van der Waals surface area contributed by atoms with Crippen molar-refractivity contribution in [2.24, 2.45) is 0 Å². The third-order valence-electron chi connectivity index (χ3n) is 3.44. The van der Waals surface area contributed by atoms with E-state index in [1.807, 2.05) is 42.5 Å². The van der Waals surface area contributed by atoms with E-state index in [9.17, 15) is 4.79 Å². The summed E-state index contributed by atoms with van der Waals surface area (Å²) >= 11 is 9.14. The SMILES string of the molecule is O=c1c(Br)c(OCc2ccc(Cl)cc2)ncn1Cc1ccccc1. The molecule has 6 heteroatoms. The Kier molecular flexibility index (Phi) is 5.33. The lowest BCUT2D eigenvalue weighted by Crippen LogP contribution is -2.22. The molecule has 1 aromatic heterocycles. The van der Waals surface area contributed by atoms with Gasteiger partial charge in [0.1, 0.15) is 17.4 Å². The number of nitrogens with zero attached hydrogens (tertiary/aromatic N) is 2. The molecule has 0 bridgehead atoms. The van der Waals surface area contributed by atoms with Gasteiger partial charge < -0.3 is 4.74 Å². The van der Waals surface area contributed by atoms with E-state index < -0.39 is 0 Å². The Bertz CT molecular complexity index is 880. The summed E-state index contributed by atoms with van der Waals surface area (Å²) in [4.78, 5) is 16.7. The van der Waals surface area contributed by atoms with Crippen LogP contribution in [0.15, 0.2) is 70.2 Å². The van der Waals surface area contributed by atoms with Gasteiger partial charge in [-0.1, -0.05) is 54.1 Å². The molecule has 1 heterocycles. The van der Waals surface area contributed by atoms with Crippen molar-refractivity contribution in [3.05, 3.63) is 91.9 Å². The summed E-state index contributed by atoms with van der Waals surface area (Å²) in [6, 6.07) is 17.1. The molecule has 4 nitrogen and oxygen atoms in total. The van der Waals surface area contributed by atoms with Gasteiger partial charge in [0.2, 0.25) is 5.88 Å². The van der Waals surface area contributed by atoms with E-state index in [0.29, 0.717) is 22.6 Å². The molecule has 0 saturated carbocycles. The fourth-order valence-corrected chi connectivity index (χ4v) is 2.75. The van der Waals surface area contributed by atoms with Gasteiger partial charge in [-0.25, -0.2) is 4.98 Å². The molecule has 122 valence electrons. The molecule has 0 saturated heterocycles. The molecule has 0 amide bonds. The second-order valence-corrected chi connectivity index (χ2v) is 6.43. The second kappa shape index (κ2) is 7.64. The highest BCUT2D eigenvalue weighted by molar-refractivity contribution is 9.10. The topological polar surface area (TPSA) is 44.1 Å². The molecule has 0 radical (unpaired) electrons. The summed E-state index contributed by atoms with van der Waals surface area (Å²) in [6.45, 7) is 0.771. The normalized spacial score (nSPS) is 10.6. The number of aromatic nitrogens is 2. The smallest absolute Gasteiger partial charge is 0.271 e. The van der Waals surface area contributed by atoms with Crippen LogP contribution in [0, 0.1) is 0 Å². The van der Waals surface area contributed by atoms with E-state index in [0.717, 1.165) is 11.1 Å². The van der Waals surface area contributed by atoms with Crippen molar-refractivity contribution in [2.75, 3.05) is 0 Å². The van der Waals surface area contributed by atoms with Gasteiger partial charge in [-0.15, -0.1) is 0 Å². The van der Waals surface area contributed by atoms with E-state index in [2.05, 4.69) is 20.9 Å². The van der Waals surface area contributed by atoms with Crippen LogP contribution in [0.2, 0.25) is 5.02 Å². The summed E-state index contributed by atoms with van der Waals surface area (Å²) < 4.78 is 7.49. The van der Waals surface area contributed by atoms with E-state index >= 15 is 0 Å². The van der Waals surface area contributed by atoms with Crippen LogP contribution in [0.1, 0.15) is 11.1 Å². The number of halogens is 2. The van der Waals surface area contributed by atoms with E-state index in [1.54, 1.807) is 12.1 Å². The van der Waals surface area contributed by atoms with Crippen LogP contribution >= 0.6 is 27.5 Å². The summed E-state index contributed by atoms with van der Waals surface area (Å²) in [5.74, 6) is 0.277. The minimum Gasteiger partial charge on any atom is -0.472 e. The van der Waals surface area contributed by atoms with Crippen molar-refractivity contribution >= 4 is 27.5 Å². The number of benzene rings is 2. The minimum atomic E-state index is -0.181. The monoisotopic (exact) mass is 404 g/mol. The van der Waals surface area contributed by atoms with Gasteiger partial charge in [0.05, 0.1) is 6.54 Å². The average molecular weight is 406 g/mol. The molecule has 0 N–H and O–H groups in total. The maximum Gasteiger partial charge on any atom is 0.271 e. The molecule has 3 rings (SSSR count). The zero-order valence-electron chi connectivity index (χ0n) is 12.7. The Labute approximate surface area is 152 Å². The van der Waals surface area contributed by atoms with E-state index in [1.165, 1.54) is 10.9 Å². The van der Waals surface area contributed by atoms with Crippen molar-refractivity contribution in [3.8, 4) is 5.88 Å². The fourth-order valence-electron chi connectivity index (χ4n) is 2.17. The third-order valence-corrected chi connectivity index (χ3v) is 4.37. The molecule has 0 aliphatic carbocycles. The quantitative estimate of drug-likeness (QED) is 0.636. The van der Waals surface area contributed by atoms with Crippen molar-refractivity contribution in [1.29, 1.82) is 0 Å². The largest absolute Gasteiger partial charge is 0.472 e. The highest BCUT2D eigenvalue weighted by Gasteiger charge is 2.11. The molecule has 24 heavy (non-hydrogen) atoms. The van der Waals surface area contributed by atoms with Gasteiger partial charge in [-0.05, 0) is 39.2 Å². The van der Waals surface area contributed by atoms with E-state index in [-0.39, 0.29) is 11.4 Å². The predicted molar refractivity (Wildman–Crippen MR) is 97.5 cm³/mol. The Morgan fingerprint density at radius 1 is 1.04 bits per heavy atom. The van der Waals surface area contributed by atoms with Gasteiger partial charge in [0.25, 0.3) is 5.56 Å². The molecule has 0 unspecified atom stereocenters. The molecule has 0 aliphatic rings. The lowest BCUT2D eigenvalue weighted by molar-refractivity contribution is 0.289. The van der Waals surface area contributed by atoms with Crippen LogP contribution in [0.5, 0.6) is 5.88 Å². The van der Waals surface area contributed by atoms with Crippen molar-refractivity contribution in [1.82, 2.24) is 9.55 Å². The average Bonchev–Trinajstić information content (AvgIpc) is 2.61. The van der Waals surface area contributed by atoms with Crippen LogP contribution in [-0.2, 0) is 13.2 Å². The van der Waals surface area contributed by atoms with Crippen molar-refractivity contribution in [3.63, 3.8) is 0 Å². The molecule has 0 aliphatic heterocycles. The molecule has 0 atom stereocenters. The predicted octanol–water partition coefficient (Wildman–Crippen LogP) is 4.29. The summed E-state index contributed by atoms with van der Waals surface area (Å²) in [6.07, 6.45) is 1.50. The Hall–Kier alpha value is -2.11. The summed E-state index contributed by atoms with van der Waals surface area (Å²) in [7, 11) is 0. The third kappa shape index (κ3) is 4.04. The first kappa shape index (κ1) is 16.7.